The maximum absolute atomic E-state index is 11.4. The molecule has 1 aromatic rings. The number of amides is 1. The van der Waals surface area contributed by atoms with E-state index in [1.165, 1.54) is 12.3 Å². The molecule has 0 aliphatic rings. The quantitative estimate of drug-likeness (QED) is 0.710. The highest BCUT2D eigenvalue weighted by Crippen LogP contribution is 2.07. The van der Waals surface area contributed by atoms with Crippen LogP contribution in [0.1, 0.15) is 31.3 Å². The minimum Gasteiger partial charge on any atom is -0.477 e. The summed E-state index contributed by atoms with van der Waals surface area (Å²) >= 11 is 0. The molecule has 7 heteroatoms. The fourth-order valence-electron chi connectivity index (χ4n) is 1.31. The molecule has 1 amide bonds. The van der Waals surface area contributed by atoms with Crippen LogP contribution in [-0.2, 0) is 4.74 Å². The van der Waals surface area contributed by atoms with E-state index in [2.05, 4.69) is 15.6 Å². The molecule has 20 heavy (non-hydrogen) atoms. The number of nitrogens with one attached hydrogen (secondary N) is 2. The van der Waals surface area contributed by atoms with E-state index in [0.717, 1.165) is 0 Å². The molecule has 0 saturated carbocycles. The molecule has 1 heterocycles. The first kappa shape index (κ1) is 15.7. The summed E-state index contributed by atoms with van der Waals surface area (Å²) in [4.78, 5) is 25.7. The van der Waals surface area contributed by atoms with Crippen molar-refractivity contribution in [2.75, 3.05) is 18.4 Å². The lowest BCUT2D eigenvalue weighted by Crippen LogP contribution is -2.35. The molecule has 0 saturated heterocycles. The normalized spacial score (nSPS) is 10.8. The summed E-state index contributed by atoms with van der Waals surface area (Å²) in [6.45, 7) is 6.24. The third-order valence-corrected chi connectivity index (χ3v) is 2.10. The van der Waals surface area contributed by atoms with E-state index in [4.69, 9.17) is 9.84 Å². The molecule has 0 aliphatic heterocycles. The van der Waals surface area contributed by atoms with E-state index in [9.17, 15) is 9.59 Å². The second kappa shape index (κ2) is 6.74. The Hall–Kier alpha value is -2.31. The highest BCUT2D eigenvalue weighted by Gasteiger charge is 2.15. The van der Waals surface area contributed by atoms with Gasteiger partial charge in [0.05, 0.1) is 11.9 Å². The summed E-state index contributed by atoms with van der Waals surface area (Å²) in [6.07, 6.45) is 0.954. The Balaban J connectivity index is 2.27. The van der Waals surface area contributed by atoms with E-state index in [0.29, 0.717) is 18.8 Å². The van der Waals surface area contributed by atoms with Crippen LogP contribution < -0.4 is 10.6 Å². The van der Waals surface area contributed by atoms with Crippen LogP contribution in [-0.4, -0.2) is 40.8 Å². The SMILES string of the molecule is CC(C)(C)OC(=O)NCCNc1ccc(C(=O)O)nc1. The van der Waals surface area contributed by atoms with E-state index in [1.807, 2.05) is 0 Å². The second-order valence-electron chi connectivity index (χ2n) is 5.09. The van der Waals surface area contributed by atoms with Gasteiger partial charge >= 0.3 is 12.1 Å². The van der Waals surface area contributed by atoms with Crippen LogP contribution >= 0.6 is 0 Å². The van der Waals surface area contributed by atoms with Gasteiger partial charge in [-0.25, -0.2) is 14.6 Å². The summed E-state index contributed by atoms with van der Waals surface area (Å²) in [5, 5.41) is 14.3. The van der Waals surface area contributed by atoms with Gasteiger partial charge in [0, 0.05) is 13.1 Å². The first-order valence-electron chi connectivity index (χ1n) is 6.18. The lowest BCUT2D eigenvalue weighted by molar-refractivity contribution is 0.0529. The number of carbonyl (C=O) groups is 2. The van der Waals surface area contributed by atoms with Gasteiger partial charge in [0.2, 0.25) is 0 Å². The third kappa shape index (κ3) is 6.03. The van der Waals surface area contributed by atoms with Crippen LogP contribution in [0.3, 0.4) is 0 Å². The fourth-order valence-corrected chi connectivity index (χ4v) is 1.31. The van der Waals surface area contributed by atoms with Crippen LogP contribution in [0, 0.1) is 0 Å². The van der Waals surface area contributed by atoms with Crippen molar-refractivity contribution in [3.63, 3.8) is 0 Å². The van der Waals surface area contributed by atoms with Gasteiger partial charge in [-0.2, -0.15) is 0 Å². The Bertz CT molecular complexity index is 465. The highest BCUT2D eigenvalue weighted by molar-refractivity contribution is 5.85. The number of carboxylic acids is 1. The molecule has 0 aromatic carbocycles. The molecule has 0 spiro atoms. The van der Waals surface area contributed by atoms with Gasteiger partial charge < -0.3 is 20.5 Å². The zero-order valence-electron chi connectivity index (χ0n) is 11.8. The Morgan fingerprint density at radius 1 is 1.30 bits per heavy atom. The van der Waals surface area contributed by atoms with Gasteiger partial charge in [-0.15, -0.1) is 0 Å². The van der Waals surface area contributed by atoms with Crippen LogP contribution in [0.4, 0.5) is 10.5 Å². The molecule has 0 aliphatic carbocycles. The summed E-state index contributed by atoms with van der Waals surface area (Å²) in [6, 6.07) is 3.02. The van der Waals surface area contributed by atoms with Crippen molar-refractivity contribution in [2.24, 2.45) is 0 Å². The largest absolute Gasteiger partial charge is 0.477 e. The van der Waals surface area contributed by atoms with Crippen molar-refractivity contribution in [1.29, 1.82) is 0 Å². The number of aromatic carboxylic acids is 1. The van der Waals surface area contributed by atoms with Crippen LogP contribution in [0.25, 0.3) is 0 Å². The molecule has 0 bridgehead atoms. The summed E-state index contributed by atoms with van der Waals surface area (Å²) < 4.78 is 5.08. The zero-order chi connectivity index (χ0) is 15.2. The number of ether oxygens (including phenoxy) is 1. The smallest absolute Gasteiger partial charge is 0.407 e. The minimum absolute atomic E-state index is 0.0116. The van der Waals surface area contributed by atoms with Crippen molar-refractivity contribution >= 4 is 17.7 Å². The number of carbonyl (C=O) groups excluding carboxylic acids is 1. The number of rotatable bonds is 5. The number of carboxylic acid groups (broad SMARTS) is 1. The van der Waals surface area contributed by atoms with Crippen molar-refractivity contribution in [3.8, 4) is 0 Å². The Labute approximate surface area is 117 Å². The summed E-state index contributed by atoms with van der Waals surface area (Å²) in [7, 11) is 0. The predicted molar refractivity (Wildman–Crippen MR) is 73.9 cm³/mol. The van der Waals surface area contributed by atoms with Gasteiger partial charge in [0.25, 0.3) is 0 Å². The number of hydrogen-bond acceptors (Lipinski definition) is 5. The van der Waals surface area contributed by atoms with Gasteiger partial charge in [0.15, 0.2) is 0 Å². The average molecular weight is 281 g/mol. The number of anilines is 1. The van der Waals surface area contributed by atoms with E-state index < -0.39 is 17.7 Å². The van der Waals surface area contributed by atoms with Crippen molar-refractivity contribution < 1.29 is 19.4 Å². The number of aromatic nitrogens is 1. The van der Waals surface area contributed by atoms with Gasteiger partial charge in [-0.1, -0.05) is 0 Å². The first-order chi connectivity index (χ1) is 9.28. The molecule has 1 rings (SSSR count). The molecular formula is C13H19N3O4. The minimum atomic E-state index is -1.07. The van der Waals surface area contributed by atoms with Crippen molar-refractivity contribution in [3.05, 3.63) is 24.0 Å². The zero-order valence-corrected chi connectivity index (χ0v) is 11.8. The molecule has 3 N–H and O–H groups in total. The first-order valence-corrected chi connectivity index (χ1v) is 6.18. The monoisotopic (exact) mass is 281 g/mol. The Morgan fingerprint density at radius 3 is 2.50 bits per heavy atom. The maximum atomic E-state index is 11.4. The topological polar surface area (TPSA) is 101 Å². The van der Waals surface area contributed by atoms with Gasteiger partial charge in [-0.3, -0.25) is 0 Å². The highest BCUT2D eigenvalue weighted by atomic mass is 16.6. The predicted octanol–water partition coefficient (Wildman–Crippen LogP) is 1.72. The standard InChI is InChI=1S/C13H19N3O4/c1-13(2,3)20-12(19)15-7-6-14-9-4-5-10(11(17)18)16-8-9/h4-5,8,14H,6-7H2,1-3H3,(H,15,19)(H,17,18). The Kier molecular flexibility index (Phi) is 5.31. The number of pyridine rings is 1. The molecular weight excluding hydrogens is 262 g/mol. The van der Waals surface area contributed by atoms with Crippen LogP contribution in [0.2, 0.25) is 0 Å². The van der Waals surface area contributed by atoms with Crippen molar-refractivity contribution in [1.82, 2.24) is 10.3 Å². The number of hydrogen-bond donors (Lipinski definition) is 3. The number of nitrogens with zero attached hydrogens (tertiary/aromatic N) is 1. The molecule has 110 valence electrons. The summed E-state index contributed by atoms with van der Waals surface area (Å²) in [5.74, 6) is -1.07. The summed E-state index contributed by atoms with van der Waals surface area (Å²) in [5.41, 5.74) is 0.150. The van der Waals surface area contributed by atoms with Gasteiger partial charge in [0.1, 0.15) is 11.3 Å². The van der Waals surface area contributed by atoms with Crippen LogP contribution in [0.15, 0.2) is 18.3 Å². The van der Waals surface area contributed by atoms with E-state index >= 15 is 0 Å². The second-order valence-corrected chi connectivity index (χ2v) is 5.09. The molecule has 7 nitrogen and oxygen atoms in total. The number of alkyl carbamates (subject to hydrolysis) is 1. The average Bonchev–Trinajstić information content (AvgIpc) is 2.33. The van der Waals surface area contributed by atoms with E-state index in [-0.39, 0.29) is 5.69 Å². The fraction of sp³-hybridized carbons (Fsp3) is 0.462. The Morgan fingerprint density at radius 2 is 2.00 bits per heavy atom. The molecule has 0 unspecified atom stereocenters. The lowest BCUT2D eigenvalue weighted by atomic mass is 10.2. The molecule has 1 aromatic heterocycles. The van der Waals surface area contributed by atoms with E-state index in [1.54, 1.807) is 26.8 Å². The van der Waals surface area contributed by atoms with Crippen LogP contribution in [0.5, 0.6) is 0 Å². The lowest BCUT2D eigenvalue weighted by Gasteiger charge is -2.19. The van der Waals surface area contributed by atoms with Crippen molar-refractivity contribution in [2.45, 2.75) is 26.4 Å². The molecule has 0 fully saturated rings. The maximum Gasteiger partial charge on any atom is 0.407 e. The molecule has 0 atom stereocenters. The molecule has 0 radical (unpaired) electrons. The third-order valence-electron chi connectivity index (χ3n) is 2.10. The van der Waals surface area contributed by atoms with Gasteiger partial charge in [-0.05, 0) is 32.9 Å².